The van der Waals surface area contributed by atoms with Gasteiger partial charge in [0.05, 0.1) is 18.1 Å². The van der Waals surface area contributed by atoms with Crippen LogP contribution in [0.25, 0.3) is 5.57 Å². The van der Waals surface area contributed by atoms with Crippen molar-refractivity contribution >= 4 is 11.5 Å². The van der Waals surface area contributed by atoms with Crippen molar-refractivity contribution in [2.75, 3.05) is 0 Å². The highest BCUT2D eigenvalue weighted by Crippen LogP contribution is 2.43. The number of hydrogen-bond acceptors (Lipinski definition) is 2. The summed E-state index contributed by atoms with van der Waals surface area (Å²) in [6.07, 6.45) is 12.0. The van der Waals surface area contributed by atoms with Gasteiger partial charge in [0.15, 0.2) is 0 Å². The van der Waals surface area contributed by atoms with Gasteiger partial charge in [-0.25, -0.2) is 0 Å². The van der Waals surface area contributed by atoms with E-state index in [1.165, 1.54) is 6.07 Å². The molecule has 0 aliphatic heterocycles. The second-order valence-corrected chi connectivity index (χ2v) is 10.3. The maximum absolute atomic E-state index is 14.3. The summed E-state index contributed by atoms with van der Waals surface area (Å²) in [7, 11) is 0. The summed E-state index contributed by atoms with van der Waals surface area (Å²) in [5, 5.41) is 9.60. The fraction of sp³-hybridized carbons (Fsp3) is 0.500. The summed E-state index contributed by atoms with van der Waals surface area (Å²) < 4.78 is 49.0. The Morgan fingerprint density at radius 3 is 2.53 bits per heavy atom. The van der Waals surface area contributed by atoms with Crippen molar-refractivity contribution < 1.29 is 27.8 Å². The summed E-state index contributed by atoms with van der Waals surface area (Å²) in [5.41, 5.74) is 2.33. The van der Waals surface area contributed by atoms with Crippen LogP contribution in [0.3, 0.4) is 0 Å². The first-order valence-corrected chi connectivity index (χ1v) is 13.1. The summed E-state index contributed by atoms with van der Waals surface area (Å²) in [4.78, 5) is 11.7. The van der Waals surface area contributed by atoms with Crippen LogP contribution >= 0.6 is 0 Å². The Labute approximate surface area is 211 Å². The van der Waals surface area contributed by atoms with Crippen molar-refractivity contribution in [3.63, 3.8) is 0 Å². The molecule has 1 aromatic rings. The van der Waals surface area contributed by atoms with Crippen molar-refractivity contribution in [2.24, 2.45) is 5.92 Å². The van der Waals surface area contributed by atoms with E-state index in [4.69, 9.17) is 4.74 Å². The van der Waals surface area contributed by atoms with Gasteiger partial charge in [-0.2, -0.15) is 13.2 Å². The third kappa shape index (κ3) is 6.71. The van der Waals surface area contributed by atoms with Gasteiger partial charge in [-0.1, -0.05) is 48.8 Å². The van der Waals surface area contributed by atoms with Crippen LogP contribution in [0, 0.1) is 5.92 Å². The smallest absolute Gasteiger partial charge is 0.417 e. The lowest BCUT2D eigenvalue weighted by Crippen LogP contribution is -2.21. The van der Waals surface area contributed by atoms with Crippen molar-refractivity contribution in [3.8, 4) is 5.75 Å². The molecule has 1 N–H and O–H groups in total. The second-order valence-electron chi connectivity index (χ2n) is 10.3. The SMILES string of the molecule is C/C1=C/C(CC(=O)O)=C2/C=C(c3c(OC4CCCCC4)cccc3C(F)(F)F)C=CC(CCCC1)C2. The number of benzene rings is 1. The third-order valence-corrected chi connectivity index (χ3v) is 7.40. The molecule has 4 rings (SSSR count). The van der Waals surface area contributed by atoms with E-state index in [2.05, 4.69) is 0 Å². The first kappa shape index (κ1) is 26.3. The average Bonchev–Trinajstić information content (AvgIpc) is 3.03. The molecule has 1 atom stereocenters. The van der Waals surface area contributed by atoms with Crippen LogP contribution in [-0.2, 0) is 11.0 Å². The van der Waals surface area contributed by atoms with Crippen LogP contribution < -0.4 is 4.74 Å². The van der Waals surface area contributed by atoms with Gasteiger partial charge in [0.2, 0.25) is 0 Å². The zero-order valence-corrected chi connectivity index (χ0v) is 20.9. The predicted octanol–water partition coefficient (Wildman–Crippen LogP) is 8.67. The molecule has 1 aromatic carbocycles. The molecule has 0 heterocycles. The molecule has 1 unspecified atom stereocenters. The lowest BCUT2D eigenvalue weighted by Gasteiger charge is -2.26. The normalized spacial score (nSPS) is 25.4. The number of ether oxygens (including phenoxy) is 1. The average molecular weight is 501 g/mol. The molecule has 3 aliphatic rings. The molecule has 0 aromatic heterocycles. The summed E-state index contributed by atoms with van der Waals surface area (Å²) in [5.74, 6) is -0.550. The molecule has 2 bridgehead atoms. The van der Waals surface area contributed by atoms with Crippen LogP contribution in [0.1, 0.15) is 88.7 Å². The molecule has 0 amide bonds. The van der Waals surface area contributed by atoms with Crippen LogP contribution in [0.2, 0.25) is 0 Å². The molecule has 3 nitrogen and oxygen atoms in total. The van der Waals surface area contributed by atoms with Crippen LogP contribution in [0.4, 0.5) is 13.2 Å². The summed E-state index contributed by atoms with van der Waals surface area (Å²) in [6.45, 7) is 2.00. The Morgan fingerprint density at radius 2 is 1.81 bits per heavy atom. The number of aliphatic carboxylic acids is 1. The second kappa shape index (κ2) is 11.5. The Bertz CT molecular complexity index is 1090. The zero-order valence-electron chi connectivity index (χ0n) is 20.9. The minimum atomic E-state index is -4.55. The Morgan fingerprint density at radius 1 is 1.06 bits per heavy atom. The Balaban J connectivity index is 1.88. The topological polar surface area (TPSA) is 46.5 Å². The van der Waals surface area contributed by atoms with Crippen LogP contribution in [0.15, 0.2) is 59.2 Å². The fourth-order valence-electron chi connectivity index (χ4n) is 5.59. The molecule has 36 heavy (non-hydrogen) atoms. The molecular formula is C30H35F3O3. The molecular weight excluding hydrogens is 465 g/mol. The van der Waals surface area contributed by atoms with Gasteiger partial charge in [-0.15, -0.1) is 0 Å². The highest BCUT2D eigenvalue weighted by Gasteiger charge is 2.36. The molecule has 6 heteroatoms. The lowest BCUT2D eigenvalue weighted by atomic mass is 9.88. The molecule has 0 saturated heterocycles. The number of alkyl halides is 3. The summed E-state index contributed by atoms with van der Waals surface area (Å²) >= 11 is 0. The van der Waals surface area contributed by atoms with Crippen molar-refractivity contribution in [3.05, 3.63) is 70.3 Å². The minimum absolute atomic E-state index is 0.0511. The molecule has 1 fully saturated rings. The highest BCUT2D eigenvalue weighted by atomic mass is 19.4. The molecule has 1 saturated carbocycles. The molecule has 194 valence electrons. The number of rotatable bonds is 5. The van der Waals surface area contributed by atoms with Gasteiger partial charge in [0.1, 0.15) is 5.75 Å². The Hall–Kier alpha value is -2.76. The lowest BCUT2D eigenvalue weighted by molar-refractivity contribution is -0.138. The zero-order chi connectivity index (χ0) is 25.7. The van der Waals surface area contributed by atoms with E-state index < -0.39 is 17.7 Å². The minimum Gasteiger partial charge on any atom is -0.490 e. The predicted molar refractivity (Wildman–Crippen MR) is 136 cm³/mol. The number of halogens is 3. The van der Waals surface area contributed by atoms with Gasteiger partial charge in [0.25, 0.3) is 0 Å². The first-order valence-electron chi connectivity index (χ1n) is 13.1. The molecule has 0 spiro atoms. The fourth-order valence-corrected chi connectivity index (χ4v) is 5.59. The number of carboxylic acid groups (broad SMARTS) is 1. The van der Waals surface area contributed by atoms with Gasteiger partial charge < -0.3 is 9.84 Å². The van der Waals surface area contributed by atoms with E-state index in [1.54, 1.807) is 18.2 Å². The van der Waals surface area contributed by atoms with Crippen molar-refractivity contribution in [1.82, 2.24) is 0 Å². The maximum Gasteiger partial charge on any atom is 0.417 e. The van der Waals surface area contributed by atoms with E-state index in [0.717, 1.165) is 75.0 Å². The quantitative estimate of drug-likeness (QED) is 0.440. The molecule has 0 radical (unpaired) electrons. The van der Waals surface area contributed by atoms with Crippen molar-refractivity contribution in [1.29, 1.82) is 0 Å². The molecule has 3 aliphatic carbocycles. The highest BCUT2D eigenvalue weighted by molar-refractivity contribution is 5.83. The number of allylic oxidation sites excluding steroid dienone is 7. The number of fused-ring (bicyclic) bond motifs is 2. The van der Waals surface area contributed by atoms with E-state index in [1.807, 2.05) is 19.1 Å². The Kier molecular flexibility index (Phi) is 8.43. The monoisotopic (exact) mass is 500 g/mol. The first-order chi connectivity index (χ1) is 17.2. The van der Waals surface area contributed by atoms with E-state index in [-0.39, 0.29) is 29.8 Å². The number of hydrogen-bond donors (Lipinski definition) is 1. The number of carboxylic acids is 1. The number of carbonyl (C=O) groups is 1. The van der Waals surface area contributed by atoms with E-state index in [0.29, 0.717) is 17.6 Å². The van der Waals surface area contributed by atoms with Crippen LogP contribution in [0.5, 0.6) is 5.75 Å². The van der Waals surface area contributed by atoms with Gasteiger partial charge >= 0.3 is 12.1 Å². The summed E-state index contributed by atoms with van der Waals surface area (Å²) in [6, 6.07) is 4.16. The van der Waals surface area contributed by atoms with Gasteiger partial charge in [-0.05, 0) is 93.1 Å². The third-order valence-electron chi connectivity index (χ3n) is 7.40. The van der Waals surface area contributed by atoms with Gasteiger partial charge in [-0.3, -0.25) is 4.79 Å². The largest absolute Gasteiger partial charge is 0.490 e. The van der Waals surface area contributed by atoms with Crippen LogP contribution in [-0.4, -0.2) is 17.2 Å². The van der Waals surface area contributed by atoms with E-state index >= 15 is 0 Å². The standard InChI is InChI=1S/C30H35F3O3/c1-20-8-5-6-9-21-14-15-22(18-24(17-21)23(16-20)19-28(34)35)29-26(30(31,32)33)12-7-13-27(29)36-25-10-3-2-4-11-25/h7,12-16,18,21,25H,2-6,8-11,17,19H2,1H3,(H,34,35)/b20-16-,24-23-. The van der Waals surface area contributed by atoms with Gasteiger partial charge in [0, 0.05) is 5.56 Å². The maximum atomic E-state index is 14.3. The van der Waals surface area contributed by atoms with Crippen molar-refractivity contribution in [2.45, 2.75) is 89.8 Å². The van der Waals surface area contributed by atoms with E-state index in [9.17, 15) is 23.1 Å².